The van der Waals surface area contributed by atoms with Crippen molar-refractivity contribution in [3.05, 3.63) is 47.8 Å². The summed E-state index contributed by atoms with van der Waals surface area (Å²) < 4.78 is 10.1. The van der Waals surface area contributed by atoms with Crippen LogP contribution in [0.1, 0.15) is 54.2 Å². The number of hydrogen-bond donors (Lipinski definition) is 2. The fourth-order valence-electron chi connectivity index (χ4n) is 5.55. The topological polar surface area (TPSA) is 119 Å². The minimum Gasteiger partial charge on any atom is -0.477 e. The molecule has 214 valence electrons. The third kappa shape index (κ3) is 5.67. The van der Waals surface area contributed by atoms with Gasteiger partial charge in [0.1, 0.15) is 0 Å². The fourth-order valence-corrected chi connectivity index (χ4v) is 5.55. The highest BCUT2D eigenvalue weighted by molar-refractivity contribution is 6.05. The summed E-state index contributed by atoms with van der Waals surface area (Å²) in [4.78, 5) is 37.7. The summed E-state index contributed by atoms with van der Waals surface area (Å²) in [6, 6.07) is 9.48. The monoisotopic (exact) mass is 556 g/mol. The van der Waals surface area contributed by atoms with Crippen molar-refractivity contribution < 1.29 is 14.3 Å². The van der Waals surface area contributed by atoms with E-state index >= 15 is 0 Å². The maximum atomic E-state index is 13.7. The highest BCUT2D eigenvalue weighted by Crippen LogP contribution is 2.45. The summed E-state index contributed by atoms with van der Waals surface area (Å²) in [5, 5.41) is 10.5. The molecule has 6 rings (SSSR count). The summed E-state index contributed by atoms with van der Waals surface area (Å²) in [5.74, 6) is 1.34. The van der Waals surface area contributed by atoms with E-state index in [1.165, 1.54) is 0 Å². The smallest absolute Gasteiger partial charge is 0.258 e. The number of anilines is 2. The first-order valence-corrected chi connectivity index (χ1v) is 14.2. The van der Waals surface area contributed by atoms with Gasteiger partial charge in [-0.25, -0.2) is 9.67 Å². The van der Waals surface area contributed by atoms with Crippen molar-refractivity contribution in [1.82, 2.24) is 29.2 Å². The van der Waals surface area contributed by atoms with E-state index in [4.69, 9.17) is 9.72 Å². The van der Waals surface area contributed by atoms with Gasteiger partial charge in [-0.2, -0.15) is 5.10 Å². The number of hydrogen-bond acceptors (Lipinski definition) is 7. The zero-order valence-electron chi connectivity index (χ0n) is 24.0. The summed E-state index contributed by atoms with van der Waals surface area (Å²) in [6.07, 6.45) is 6.10. The van der Waals surface area contributed by atoms with E-state index in [0.717, 1.165) is 42.3 Å². The molecule has 2 aliphatic rings. The van der Waals surface area contributed by atoms with Crippen LogP contribution in [0.4, 0.5) is 11.6 Å². The Hall–Kier alpha value is -4.25. The molecule has 1 unspecified atom stereocenters. The number of ether oxygens (including phenoxy) is 1. The number of fused-ring (bicyclic) bond motifs is 7. The molecule has 1 aromatic carbocycles. The first-order valence-electron chi connectivity index (χ1n) is 14.2. The number of carbonyl (C=O) groups excluding carboxylic acids is 2. The Morgan fingerprint density at radius 1 is 1.17 bits per heavy atom. The van der Waals surface area contributed by atoms with E-state index in [-0.39, 0.29) is 17.9 Å². The van der Waals surface area contributed by atoms with Crippen molar-refractivity contribution in [2.24, 2.45) is 13.0 Å². The first-order chi connectivity index (χ1) is 19.8. The van der Waals surface area contributed by atoms with Crippen LogP contribution >= 0.6 is 0 Å². The molecule has 1 saturated carbocycles. The van der Waals surface area contributed by atoms with E-state index in [2.05, 4.69) is 25.3 Å². The maximum absolute atomic E-state index is 13.7. The molecule has 0 radical (unpaired) electrons. The molecule has 2 N–H and O–H groups in total. The molecule has 1 aliphatic carbocycles. The number of nitrogens with zero attached hydrogens (tertiary/aromatic N) is 6. The van der Waals surface area contributed by atoms with Crippen LogP contribution in [-0.2, 0) is 11.8 Å². The average Bonchev–Trinajstić information content (AvgIpc) is 3.62. The molecule has 4 aromatic rings. The average molecular weight is 557 g/mol. The number of benzene rings is 1. The van der Waals surface area contributed by atoms with Gasteiger partial charge in [-0.3, -0.25) is 19.9 Å². The predicted molar refractivity (Wildman–Crippen MR) is 157 cm³/mol. The largest absolute Gasteiger partial charge is 0.477 e. The summed E-state index contributed by atoms with van der Waals surface area (Å²) >= 11 is 0. The lowest BCUT2D eigenvalue weighted by atomic mass is 10.1. The SMILES string of the molecule is Cc1cc2cc(n1)-c1cnn(C)c1OCCCC(C1CC1)n1c(nc3cc(NC(=O)CCN(C)C)ccc31)NC2=O. The Bertz CT molecular complexity index is 1620. The molecule has 41 heavy (non-hydrogen) atoms. The normalized spacial score (nSPS) is 17.4. The van der Waals surface area contributed by atoms with Gasteiger partial charge in [0.05, 0.1) is 35.1 Å². The van der Waals surface area contributed by atoms with Crippen LogP contribution < -0.4 is 15.4 Å². The highest BCUT2D eigenvalue weighted by Gasteiger charge is 2.35. The predicted octanol–water partition coefficient (Wildman–Crippen LogP) is 4.41. The van der Waals surface area contributed by atoms with E-state index in [1.54, 1.807) is 23.0 Å². The second-order valence-corrected chi connectivity index (χ2v) is 11.3. The van der Waals surface area contributed by atoms with E-state index in [9.17, 15) is 9.59 Å². The van der Waals surface area contributed by atoms with Gasteiger partial charge >= 0.3 is 0 Å². The van der Waals surface area contributed by atoms with Crippen molar-refractivity contribution in [3.63, 3.8) is 0 Å². The van der Waals surface area contributed by atoms with Crippen LogP contribution in [0.2, 0.25) is 0 Å². The van der Waals surface area contributed by atoms with Crippen molar-refractivity contribution >= 4 is 34.5 Å². The second kappa shape index (κ2) is 11.0. The maximum Gasteiger partial charge on any atom is 0.258 e. The van der Waals surface area contributed by atoms with Gasteiger partial charge in [-0.1, -0.05) is 0 Å². The van der Waals surface area contributed by atoms with Crippen molar-refractivity contribution in [1.29, 1.82) is 0 Å². The summed E-state index contributed by atoms with van der Waals surface area (Å²) in [7, 11) is 5.74. The van der Waals surface area contributed by atoms with Crippen LogP contribution in [0, 0.1) is 12.8 Å². The molecule has 4 heterocycles. The second-order valence-electron chi connectivity index (χ2n) is 11.3. The number of rotatable bonds is 5. The lowest BCUT2D eigenvalue weighted by Crippen LogP contribution is -2.21. The lowest BCUT2D eigenvalue weighted by molar-refractivity contribution is -0.116. The number of aromatic nitrogens is 5. The van der Waals surface area contributed by atoms with Gasteiger partial charge in [-0.05, 0) is 83.0 Å². The van der Waals surface area contributed by atoms with Crippen molar-refractivity contribution in [2.75, 3.05) is 37.9 Å². The summed E-state index contributed by atoms with van der Waals surface area (Å²) in [6.45, 7) is 3.07. The van der Waals surface area contributed by atoms with Crippen LogP contribution in [0.3, 0.4) is 0 Å². The molecule has 11 nitrogen and oxygen atoms in total. The number of pyridine rings is 1. The molecule has 1 atom stereocenters. The Labute approximate surface area is 238 Å². The van der Waals surface area contributed by atoms with Gasteiger partial charge in [-0.15, -0.1) is 0 Å². The van der Waals surface area contributed by atoms with Crippen LogP contribution in [-0.4, -0.2) is 68.3 Å². The van der Waals surface area contributed by atoms with Crippen LogP contribution in [0.15, 0.2) is 36.5 Å². The van der Waals surface area contributed by atoms with Crippen LogP contribution in [0.5, 0.6) is 5.88 Å². The molecule has 3 aromatic heterocycles. The molecular weight excluding hydrogens is 520 g/mol. The molecule has 1 aliphatic heterocycles. The number of amides is 2. The minimum absolute atomic E-state index is 0.0487. The van der Waals surface area contributed by atoms with Gasteiger partial charge < -0.3 is 19.5 Å². The molecule has 1 fully saturated rings. The summed E-state index contributed by atoms with van der Waals surface area (Å²) in [5.41, 5.74) is 4.93. The third-order valence-corrected chi connectivity index (χ3v) is 7.74. The molecule has 2 amide bonds. The van der Waals surface area contributed by atoms with E-state index in [1.807, 2.05) is 51.2 Å². The fraction of sp³-hybridized carbons (Fsp3) is 0.433. The van der Waals surface area contributed by atoms with E-state index < -0.39 is 0 Å². The first kappa shape index (κ1) is 26.9. The zero-order valence-corrected chi connectivity index (χ0v) is 24.0. The number of carbonyl (C=O) groups is 2. The Balaban J connectivity index is 1.39. The zero-order chi connectivity index (χ0) is 28.7. The third-order valence-electron chi connectivity index (χ3n) is 7.74. The number of aryl methyl sites for hydroxylation is 2. The number of nitrogens with one attached hydrogen (secondary N) is 2. The van der Waals surface area contributed by atoms with Gasteiger partial charge in [0, 0.05) is 43.0 Å². The van der Waals surface area contributed by atoms with Gasteiger partial charge in [0.25, 0.3) is 5.91 Å². The number of imidazole rings is 1. The van der Waals surface area contributed by atoms with Gasteiger partial charge in [0.2, 0.25) is 17.7 Å². The Morgan fingerprint density at radius 3 is 2.78 bits per heavy atom. The quantitative estimate of drug-likeness (QED) is 0.374. The molecular formula is C30H36N8O3. The Kier molecular flexibility index (Phi) is 7.21. The van der Waals surface area contributed by atoms with Crippen LogP contribution in [0.25, 0.3) is 22.3 Å². The van der Waals surface area contributed by atoms with E-state index in [0.29, 0.717) is 60.0 Å². The minimum atomic E-state index is -0.261. The Morgan fingerprint density at radius 2 is 2.00 bits per heavy atom. The van der Waals surface area contributed by atoms with Gasteiger partial charge in [0.15, 0.2) is 0 Å². The molecule has 0 saturated heterocycles. The molecule has 2 bridgehead atoms. The lowest BCUT2D eigenvalue weighted by Gasteiger charge is -2.22. The standard InChI is InChI=1S/C30H36N8O3/c1-18-14-20-15-23(32-18)22-17-31-37(4)29(22)41-13-5-6-25(19-7-8-19)38-26-10-9-21(33-27(39)11-12-36(2)3)16-24(26)34-30(38)35-28(20)40/h9-10,14-17,19,25H,5-8,11-13H2,1-4H3,(H,33,39)(H,34,35,40). The van der Waals surface area contributed by atoms with Crippen molar-refractivity contribution in [2.45, 2.75) is 45.1 Å². The molecule has 11 heteroatoms. The van der Waals surface area contributed by atoms with Crippen molar-refractivity contribution in [3.8, 4) is 17.1 Å². The molecule has 0 spiro atoms. The highest BCUT2D eigenvalue weighted by atomic mass is 16.5.